The van der Waals surface area contributed by atoms with Gasteiger partial charge in [-0.15, -0.1) is 0 Å². The van der Waals surface area contributed by atoms with Crippen LogP contribution in [0.2, 0.25) is 5.02 Å². The quantitative estimate of drug-likeness (QED) is 0.870. The van der Waals surface area contributed by atoms with E-state index in [4.69, 9.17) is 17.3 Å². The highest BCUT2D eigenvalue weighted by Gasteiger charge is 2.13. The Labute approximate surface area is 99.8 Å². The lowest BCUT2D eigenvalue weighted by molar-refractivity contribution is 0.655. The van der Waals surface area contributed by atoms with Crippen molar-refractivity contribution in [2.75, 3.05) is 0 Å². The van der Waals surface area contributed by atoms with Crippen LogP contribution in [0, 0.1) is 0 Å². The van der Waals surface area contributed by atoms with Gasteiger partial charge in [-0.25, -0.2) is 0 Å². The molecule has 0 bridgehead atoms. The van der Waals surface area contributed by atoms with Crippen LogP contribution in [0.1, 0.15) is 18.7 Å². The van der Waals surface area contributed by atoms with Gasteiger partial charge < -0.3 is 5.73 Å². The Bertz CT molecular complexity index is 485. The van der Waals surface area contributed by atoms with E-state index in [1.807, 2.05) is 49.1 Å². The number of benzene rings is 1. The summed E-state index contributed by atoms with van der Waals surface area (Å²) in [7, 11) is 1.90. The molecule has 3 nitrogen and oxygen atoms in total. The van der Waals surface area contributed by atoms with Crippen molar-refractivity contribution in [3.63, 3.8) is 0 Å². The van der Waals surface area contributed by atoms with Crippen LogP contribution in [0.25, 0.3) is 11.1 Å². The Balaban J connectivity index is 2.52. The fourth-order valence-corrected chi connectivity index (χ4v) is 1.96. The van der Waals surface area contributed by atoms with Crippen LogP contribution >= 0.6 is 11.6 Å². The monoisotopic (exact) mass is 235 g/mol. The maximum absolute atomic E-state index is 5.94. The van der Waals surface area contributed by atoms with Gasteiger partial charge in [0.1, 0.15) is 0 Å². The lowest BCUT2D eigenvalue weighted by atomic mass is 10.0. The molecule has 0 radical (unpaired) electrons. The maximum Gasteiger partial charge on any atom is 0.0623 e. The molecule has 16 heavy (non-hydrogen) atoms. The number of rotatable bonds is 2. The largest absolute Gasteiger partial charge is 0.323 e. The second-order valence-corrected chi connectivity index (χ2v) is 4.30. The minimum absolute atomic E-state index is 0.0434. The number of hydrogen-bond acceptors (Lipinski definition) is 2. The predicted molar refractivity (Wildman–Crippen MR) is 66.3 cm³/mol. The summed E-state index contributed by atoms with van der Waals surface area (Å²) in [6.07, 6.45) is 1.84. The Morgan fingerprint density at radius 2 is 1.94 bits per heavy atom. The summed E-state index contributed by atoms with van der Waals surface area (Å²) in [4.78, 5) is 0. The third kappa shape index (κ3) is 1.96. The third-order valence-electron chi connectivity index (χ3n) is 2.57. The highest BCUT2D eigenvalue weighted by Crippen LogP contribution is 2.27. The second kappa shape index (κ2) is 4.28. The first-order valence-electron chi connectivity index (χ1n) is 5.13. The van der Waals surface area contributed by atoms with Crippen molar-refractivity contribution in [1.29, 1.82) is 0 Å². The molecule has 0 fully saturated rings. The van der Waals surface area contributed by atoms with Gasteiger partial charge in [0.25, 0.3) is 0 Å². The van der Waals surface area contributed by atoms with Crippen LogP contribution < -0.4 is 5.73 Å². The molecule has 1 unspecified atom stereocenters. The first-order valence-corrected chi connectivity index (χ1v) is 5.51. The Kier molecular flexibility index (Phi) is 2.99. The molecule has 0 aliphatic carbocycles. The zero-order chi connectivity index (χ0) is 11.7. The van der Waals surface area contributed by atoms with Gasteiger partial charge in [-0.1, -0.05) is 23.7 Å². The van der Waals surface area contributed by atoms with E-state index in [-0.39, 0.29) is 6.04 Å². The number of aryl methyl sites for hydroxylation is 1. The van der Waals surface area contributed by atoms with Crippen LogP contribution in [-0.2, 0) is 7.05 Å². The topological polar surface area (TPSA) is 43.8 Å². The van der Waals surface area contributed by atoms with Gasteiger partial charge in [0.15, 0.2) is 0 Å². The highest BCUT2D eigenvalue weighted by atomic mass is 35.5. The lowest BCUT2D eigenvalue weighted by Gasteiger charge is -2.09. The van der Waals surface area contributed by atoms with Gasteiger partial charge in [-0.3, -0.25) is 4.68 Å². The molecular weight excluding hydrogens is 222 g/mol. The SMILES string of the molecule is CC(N)c1c(-c2ccc(Cl)cc2)cnn1C. The number of hydrogen-bond donors (Lipinski definition) is 1. The minimum Gasteiger partial charge on any atom is -0.323 e. The molecule has 1 heterocycles. The van der Waals surface area contributed by atoms with E-state index >= 15 is 0 Å². The van der Waals surface area contributed by atoms with Gasteiger partial charge in [0.2, 0.25) is 0 Å². The molecule has 4 heteroatoms. The summed E-state index contributed by atoms with van der Waals surface area (Å²) >= 11 is 5.86. The summed E-state index contributed by atoms with van der Waals surface area (Å²) in [6.45, 7) is 1.95. The van der Waals surface area contributed by atoms with E-state index in [1.54, 1.807) is 0 Å². The van der Waals surface area contributed by atoms with Crippen molar-refractivity contribution in [3.8, 4) is 11.1 Å². The summed E-state index contributed by atoms with van der Waals surface area (Å²) in [5, 5.41) is 4.97. The summed E-state index contributed by atoms with van der Waals surface area (Å²) in [5.74, 6) is 0. The lowest BCUT2D eigenvalue weighted by Crippen LogP contribution is -2.11. The van der Waals surface area contributed by atoms with E-state index in [0.717, 1.165) is 21.8 Å². The second-order valence-electron chi connectivity index (χ2n) is 3.86. The van der Waals surface area contributed by atoms with E-state index < -0.39 is 0 Å². The normalized spacial score (nSPS) is 12.8. The molecule has 0 saturated heterocycles. The molecule has 0 spiro atoms. The summed E-state index contributed by atoms with van der Waals surface area (Å²) in [6, 6.07) is 7.65. The predicted octanol–water partition coefficient (Wildman–Crippen LogP) is 2.76. The molecule has 1 aromatic heterocycles. The Hall–Kier alpha value is -1.32. The number of nitrogens with zero attached hydrogens (tertiary/aromatic N) is 2. The molecule has 0 saturated carbocycles. The first kappa shape index (κ1) is 11.2. The fraction of sp³-hybridized carbons (Fsp3) is 0.250. The van der Waals surface area contributed by atoms with Crippen LogP contribution in [0.15, 0.2) is 30.5 Å². The van der Waals surface area contributed by atoms with Crippen molar-refractivity contribution in [1.82, 2.24) is 9.78 Å². The van der Waals surface area contributed by atoms with Crippen molar-refractivity contribution in [2.24, 2.45) is 12.8 Å². The number of nitrogens with two attached hydrogens (primary N) is 1. The zero-order valence-electron chi connectivity index (χ0n) is 9.31. The molecule has 1 atom stereocenters. The molecule has 84 valence electrons. The van der Waals surface area contributed by atoms with Crippen molar-refractivity contribution in [3.05, 3.63) is 41.2 Å². The van der Waals surface area contributed by atoms with Crippen molar-refractivity contribution < 1.29 is 0 Å². The summed E-state index contributed by atoms with van der Waals surface area (Å²) in [5.41, 5.74) is 9.12. The Morgan fingerprint density at radius 1 is 1.31 bits per heavy atom. The van der Waals surface area contributed by atoms with Crippen LogP contribution in [-0.4, -0.2) is 9.78 Å². The third-order valence-corrected chi connectivity index (χ3v) is 2.82. The van der Waals surface area contributed by atoms with Crippen molar-refractivity contribution >= 4 is 11.6 Å². The van der Waals surface area contributed by atoms with Gasteiger partial charge in [-0.2, -0.15) is 5.10 Å². The van der Waals surface area contributed by atoms with Gasteiger partial charge in [0, 0.05) is 23.7 Å². The molecule has 2 aromatic rings. The molecule has 0 amide bonds. The van der Waals surface area contributed by atoms with Crippen LogP contribution in [0.5, 0.6) is 0 Å². The van der Waals surface area contributed by atoms with E-state index in [0.29, 0.717) is 0 Å². The van der Waals surface area contributed by atoms with Gasteiger partial charge >= 0.3 is 0 Å². The van der Waals surface area contributed by atoms with Crippen LogP contribution in [0.3, 0.4) is 0 Å². The van der Waals surface area contributed by atoms with E-state index in [9.17, 15) is 0 Å². The smallest absolute Gasteiger partial charge is 0.0623 e. The van der Waals surface area contributed by atoms with Gasteiger partial charge in [0.05, 0.1) is 11.9 Å². The first-order chi connectivity index (χ1) is 7.59. The van der Waals surface area contributed by atoms with E-state index in [1.165, 1.54) is 0 Å². The van der Waals surface area contributed by atoms with Crippen molar-refractivity contribution in [2.45, 2.75) is 13.0 Å². The van der Waals surface area contributed by atoms with E-state index in [2.05, 4.69) is 5.10 Å². The molecule has 1 aromatic carbocycles. The molecule has 2 rings (SSSR count). The molecule has 2 N–H and O–H groups in total. The average molecular weight is 236 g/mol. The standard InChI is InChI=1S/C12H14ClN3/c1-8(14)12-11(7-15-16(12)2)9-3-5-10(13)6-4-9/h3-8H,14H2,1-2H3. The maximum atomic E-state index is 5.94. The zero-order valence-corrected chi connectivity index (χ0v) is 10.1. The number of aromatic nitrogens is 2. The summed E-state index contributed by atoms with van der Waals surface area (Å²) < 4.78 is 1.81. The highest BCUT2D eigenvalue weighted by molar-refractivity contribution is 6.30. The molecule has 0 aliphatic heterocycles. The average Bonchev–Trinajstić information content (AvgIpc) is 2.61. The van der Waals surface area contributed by atoms with Crippen LogP contribution in [0.4, 0.5) is 0 Å². The Morgan fingerprint density at radius 3 is 2.50 bits per heavy atom. The minimum atomic E-state index is -0.0434. The fourth-order valence-electron chi connectivity index (χ4n) is 1.84. The molecular formula is C12H14ClN3. The molecule has 0 aliphatic rings. The van der Waals surface area contributed by atoms with Gasteiger partial charge in [-0.05, 0) is 24.6 Å². The number of halogens is 1.